The van der Waals surface area contributed by atoms with E-state index in [9.17, 15) is 9.59 Å². The molecule has 1 aliphatic rings. The molecule has 0 radical (unpaired) electrons. The van der Waals surface area contributed by atoms with Gasteiger partial charge in [-0.05, 0) is 54.4 Å². The van der Waals surface area contributed by atoms with Crippen LogP contribution in [-0.2, 0) is 9.53 Å². The molecule has 1 N–H and O–H groups in total. The molecule has 0 spiro atoms. The molecule has 1 heterocycles. The van der Waals surface area contributed by atoms with Gasteiger partial charge in [-0.25, -0.2) is 4.79 Å². The van der Waals surface area contributed by atoms with Crippen LogP contribution in [0.2, 0.25) is 0 Å². The molecule has 2 aromatic rings. The van der Waals surface area contributed by atoms with Gasteiger partial charge in [-0.15, -0.1) is 0 Å². The molecule has 0 aliphatic carbocycles. The number of carbonyl (C=O) groups is 2. The largest absolute Gasteiger partial charge is 0.484 e. The van der Waals surface area contributed by atoms with Gasteiger partial charge in [0.15, 0.2) is 6.61 Å². The highest BCUT2D eigenvalue weighted by Gasteiger charge is 2.17. The summed E-state index contributed by atoms with van der Waals surface area (Å²) in [5.41, 5.74) is 2.54. The van der Waals surface area contributed by atoms with Crippen LogP contribution in [0.5, 0.6) is 5.75 Å². The Morgan fingerprint density at radius 3 is 2.57 bits per heavy atom. The summed E-state index contributed by atoms with van der Waals surface area (Å²) in [6.07, 6.45) is 1.66. The first-order valence-electron chi connectivity index (χ1n) is 8.99. The van der Waals surface area contributed by atoms with Crippen LogP contribution in [0.1, 0.15) is 21.5 Å². The van der Waals surface area contributed by atoms with Gasteiger partial charge >= 0.3 is 5.97 Å². The first-order valence-corrected chi connectivity index (χ1v) is 8.99. The van der Waals surface area contributed by atoms with E-state index in [1.54, 1.807) is 41.4 Å². The fourth-order valence-electron chi connectivity index (χ4n) is 2.72. The molecule has 1 amide bonds. The van der Waals surface area contributed by atoms with Crippen molar-refractivity contribution >= 4 is 23.8 Å². The summed E-state index contributed by atoms with van der Waals surface area (Å²) in [5, 5.41) is 9.09. The molecule has 0 bridgehead atoms. The van der Waals surface area contributed by atoms with Crippen LogP contribution in [0, 0.1) is 6.92 Å². The van der Waals surface area contributed by atoms with E-state index in [-0.39, 0.29) is 18.1 Å². The van der Waals surface area contributed by atoms with Gasteiger partial charge in [0.1, 0.15) is 5.75 Å². The molecule has 28 heavy (non-hydrogen) atoms. The van der Waals surface area contributed by atoms with Gasteiger partial charge in [-0.2, -0.15) is 0 Å². The number of carboxylic acid groups (broad SMARTS) is 1. The minimum Gasteiger partial charge on any atom is -0.484 e. The molecular formula is C21H22N2O5. The van der Waals surface area contributed by atoms with Gasteiger partial charge in [0, 0.05) is 19.3 Å². The lowest BCUT2D eigenvalue weighted by Crippen LogP contribution is -2.42. The van der Waals surface area contributed by atoms with Crippen molar-refractivity contribution in [3.63, 3.8) is 0 Å². The van der Waals surface area contributed by atoms with Crippen molar-refractivity contribution in [2.45, 2.75) is 6.92 Å². The SMILES string of the molecule is Cc1ccc(C(=O)O)cc1N=Cc1ccc(OCC(=O)N2CCOCC2)cc1. The molecule has 7 heteroatoms. The summed E-state index contributed by atoms with van der Waals surface area (Å²) >= 11 is 0. The van der Waals surface area contributed by atoms with E-state index in [1.807, 2.05) is 19.1 Å². The Morgan fingerprint density at radius 1 is 1.18 bits per heavy atom. The highest BCUT2D eigenvalue weighted by molar-refractivity contribution is 5.90. The fraction of sp³-hybridized carbons (Fsp3) is 0.286. The smallest absolute Gasteiger partial charge is 0.335 e. The lowest BCUT2D eigenvalue weighted by atomic mass is 10.1. The summed E-state index contributed by atoms with van der Waals surface area (Å²) in [5.74, 6) is -0.435. The Hall–Kier alpha value is -3.19. The van der Waals surface area contributed by atoms with Crippen molar-refractivity contribution in [3.05, 3.63) is 59.2 Å². The molecule has 0 aromatic heterocycles. The number of amides is 1. The van der Waals surface area contributed by atoms with Gasteiger partial charge in [0.05, 0.1) is 24.5 Å². The average Bonchev–Trinajstić information content (AvgIpc) is 2.72. The van der Waals surface area contributed by atoms with Gasteiger partial charge in [0.2, 0.25) is 0 Å². The van der Waals surface area contributed by atoms with Gasteiger partial charge in [0.25, 0.3) is 5.91 Å². The molecule has 1 aliphatic heterocycles. The number of aliphatic imine (C=N–C) groups is 1. The first kappa shape index (κ1) is 19.6. The number of hydrogen-bond acceptors (Lipinski definition) is 5. The maximum absolute atomic E-state index is 12.1. The van der Waals surface area contributed by atoms with E-state index in [4.69, 9.17) is 14.6 Å². The summed E-state index contributed by atoms with van der Waals surface area (Å²) in [4.78, 5) is 29.3. The Kier molecular flexibility index (Phi) is 6.39. The normalized spacial score (nSPS) is 14.2. The number of aryl methyl sites for hydroxylation is 1. The predicted molar refractivity (Wildman–Crippen MR) is 105 cm³/mol. The van der Waals surface area contributed by atoms with Gasteiger partial charge < -0.3 is 19.5 Å². The lowest BCUT2D eigenvalue weighted by molar-refractivity contribution is -0.137. The number of carboxylic acids is 1. The number of nitrogens with zero attached hydrogens (tertiary/aromatic N) is 2. The minimum absolute atomic E-state index is 0.00535. The number of carbonyl (C=O) groups excluding carboxylic acids is 1. The number of ether oxygens (including phenoxy) is 2. The van der Waals surface area contributed by atoms with Crippen LogP contribution in [0.4, 0.5) is 5.69 Å². The second-order valence-corrected chi connectivity index (χ2v) is 6.42. The third kappa shape index (κ3) is 5.17. The van der Waals surface area contributed by atoms with E-state index in [0.29, 0.717) is 37.7 Å². The highest BCUT2D eigenvalue weighted by atomic mass is 16.5. The lowest BCUT2D eigenvalue weighted by Gasteiger charge is -2.26. The zero-order valence-electron chi connectivity index (χ0n) is 15.6. The molecule has 146 valence electrons. The second-order valence-electron chi connectivity index (χ2n) is 6.42. The minimum atomic E-state index is -0.982. The highest BCUT2D eigenvalue weighted by Crippen LogP contribution is 2.20. The fourth-order valence-corrected chi connectivity index (χ4v) is 2.72. The summed E-state index contributed by atoms with van der Waals surface area (Å²) in [7, 11) is 0. The molecule has 2 aromatic carbocycles. The quantitative estimate of drug-likeness (QED) is 0.776. The van der Waals surface area contributed by atoms with Crippen molar-refractivity contribution in [3.8, 4) is 5.75 Å². The zero-order valence-corrected chi connectivity index (χ0v) is 15.6. The molecule has 1 saturated heterocycles. The van der Waals surface area contributed by atoms with Crippen molar-refractivity contribution in [1.82, 2.24) is 4.90 Å². The van der Waals surface area contributed by atoms with Crippen molar-refractivity contribution in [1.29, 1.82) is 0 Å². The molecular weight excluding hydrogens is 360 g/mol. The number of morpholine rings is 1. The van der Waals surface area contributed by atoms with Crippen LogP contribution in [0.3, 0.4) is 0 Å². The number of benzene rings is 2. The summed E-state index contributed by atoms with van der Waals surface area (Å²) < 4.78 is 10.8. The molecule has 0 unspecified atom stereocenters. The van der Waals surface area contributed by atoms with Gasteiger partial charge in [-0.1, -0.05) is 6.07 Å². The van der Waals surface area contributed by atoms with Crippen molar-refractivity contribution in [2.75, 3.05) is 32.9 Å². The third-order valence-electron chi connectivity index (χ3n) is 4.41. The molecule has 0 saturated carbocycles. The van der Waals surface area contributed by atoms with E-state index in [2.05, 4.69) is 4.99 Å². The van der Waals surface area contributed by atoms with Crippen LogP contribution >= 0.6 is 0 Å². The maximum Gasteiger partial charge on any atom is 0.335 e. The third-order valence-corrected chi connectivity index (χ3v) is 4.41. The van der Waals surface area contributed by atoms with E-state index < -0.39 is 5.97 Å². The second kappa shape index (κ2) is 9.14. The van der Waals surface area contributed by atoms with Crippen LogP contribution < -0.4 is 4.74 Å². The first-order chi connectivity index (χ1) is 13.5. The van der Waals surface area contributed by atoms with Crippen molar-refractivity contribution < 1.29 is 24.2 Å². The molecule has 7 nitrogen and oxygen atoms in total. The van der Waals surface area contributed by atoms with Crippen LogP contribution in [0.15, 0.2) is 47.5 Å². The molecule has 3 rings (SSSR count). The number of hydrogen-bond donors (Lipinski definition) is 1. The molecule has 1 fully saturated rings. The predicted octanol–water partition coefficient (Wildman–Crippen LogP) is 2.68. The van der Waals surface area contributed by atoms with E-state index in [1.165, 1.54) is 0 Å². The topological polar surface area (TPSA) is 88.4 Å². The number of rotatable bonds is 6. The number of aromatic carboxylic acids is 1. The van der Waals surface area contributed by atoms with Gasteiger partial charge in [-0.3, -0.25) is 9.79 Å². The van der Waals surface area contributed by atoms with Crippen LogP contribution in [-0.4, -0.2) is 61.0 Å². The van der Waals surface area contributed by atoms with Crippen molar-refractivity contribution in [2.24, 2.45) is 4.99 Å². The Labute approximate surface area is 163 Å². The van der Waals surface area contributed by atoms with E-state index in [0.717, 1.165) is 11.1 Å². The monoisotopic (exact) mass is 382 g/mol. The zero-order chi connectivity index (χ0) is 19.9. The summed E-state index contributed by atoms with van der Waals surface area (Å²) in [6.45, 7) is 4.19. The molecule has 0 atom stereocenters. The maximum atomic E-state index is 12.1. The van der Waals surface area contributed by atoms with Crippen LogP contribution in [0.25, 0.3) is 0 Å². The van der Waals surface area contributed by atoms with E-state index >= 15 is 0 Å². The Morgan fingerprint density at radius 2 is 1.89 bits per heavy atom. The summed E-state index contributed by atoms with van der Waals surface area (Å²) in [6, 6.07) is 12.0. The Balaban J connectivity index is 1.58. The Bertz CT molecular complexity index is 871. The average molecular weight is 382 g/mol. The standard InChI is InChI=1S/C21H22N2O5/c1-15-2-5-17(21(25)26)12-19(15)22-13-16-3-6-18(7-4-16)28-14-20(24)23-8-10-27-11-9-23/h2-7,12-13H,8-11,14H2,1H3,(H,25,26).